The van der Waals surface area contributed by atoms with Gasteiger partial charge in [-0.3, -0.25) is 4.79 Å². The second-order valence-corrected chi connectivity index (χ2v) is 6.41. The van der Waals surface area contributed by atoms with Gasteiger partial charge in [-0.2, -0.15) is 0 Å². The summed E-state index contributed by atoms with van der Waals surface area (Å²) in [6, 6.07) is 4.86. The van der Waals surface area contributed by atoms with Gasteiger partial charge in [0.1, 0.15) is 23.0 Å². The van der Waals surface area contributed by atoms with Crippen molar-refractivity contribution in [3.8, 4) is 0 Å². The van der Waals surface area contributed by atoms with Crippen LogP contribution in [-0.4, -0.2) is 34.1 Å². The molecule has 0 aliphatic carbocycles. The van der Waals surface area contributed by atoms with Crippen LogP contribution in [-0.2, 0) is 0 Å². The van der Waals surface area contributed by atoms with E-state index in [1.807, 2.05) is 4.90 Å². The first kappa shape index (κ1) is 17.2. The van der Waals surface area contributed by atoms with Crippen molar-refractivity contribution >= 4 is 23.2 Å². The van der Waals surface area contributed by atoms with E-state index in [0.717, 1.165) is 18.6 Å². The van der Waals surface area contributed by atoms with Crippen LogP contribution in [0.1, 0.15) is 34.8 Å². The highest BCUT2D eigenvalue weighted by atomic mass is 19.1. The highest BCUT2D eigenvalue weighted by Crippen LogP contribution is 2.37. The van der Waals surface area contributed by atoms with Crippen molar-refractivity contribution in [2.45, 2.75) is 18.9 Å². The number of nitrogens with two attached hydrogens (primary N) is 1. The van der Waals surface area contributed by atoms with Gasteiger partial charge in [-0.15, -0.1) is 5.10 Å². The zero-order chi connectivity index (χ0) is 19.1. The highest BCUT2D eigenvalue weighted by Gasteiger charge is 2.30. The molecule has 3 heterocycles. The van der Waals surface area contributed by atoms with Crippen molar-refractivity contribution in [1.29, 1.82) is 0 Å². The Bertz CT molecular complexity index is 1030. The molecule has 27 heavy (non-hydrogen) atoms. The standard InChI is InChI=1S/C18H18F2N6O/c1-22-18(27)15-16(21)24-26-8-6-14(23-17(15)26)25-7-2-3-13(25)11-9-10(19)4-5-12(11)20/h4-6,8-9,13H,2-3,7H2,1H3,(H2,21,24)(H,22,27)/t13-/m1/s1. The minimum atomic E-state index is -0.480. The van der Waals surface area contributed by atoms with Crippen LogP contribution >= 0.6 is 0 Å². The third kappa shape index (κ3) is 2.84. The largest absolute Gasteiger partial charge is 0.381 e. The van der Waals surface area contributed by atoms with E-state index in [1.54, 1.807) is 12.3 Å². The number of hydrogen-bond acceptors (Lipinski definition) is 5. The van der Waals surface area contributed by atoms with Crippen molar-refractivity contribution < 1.29 is 13.6 Å². The Hall–Kier alpha value is -3.23. The summed E-state index contributed by atoms with van der Waals surface area (Å²) in [6.45, 7) is 0.642. The summed E-state index contributed by atoms with van der Waals surface area (Å²) in [4.78, 5) is 18.6. The number of amides is 1. The number of hydrogen-bond donors (Lipinski definition) is 2. The molecule has 0 bridgehead atoms. The molecule has 1 saturated heterocycles. The summed E-state index contributed by atoms with van der Waals surface area (Å²) in [5.41, 5.74) is 6.65. The van der Waals surface area contributed by atoms with Gasteiger partial charge < -0.3 is 16.0 Å². The molecule has 3 aromatic rings. The number of nitrogen functional groups attached to an aromatic ring is 1. The molecule has 9 heteroatoms. The van der Waals surface area contributed by atoms with Gasteiger partial charge in [-0.05, 0) is 37.1 Å². The van der Waals surface area contributed by atoms with Crippen LogP contribution in [0.2, 0.25) is 0 Å². The maximum Gasteiger partial charge on any atom is 0.258 e. The first-order chi connectivity index (χ1) is 13.0. The van der Waals surface area contributed by atoms with Crippen LogP contribution in [0.5, 0.6) is 0 Å². The average Bonchev–Trinajstić information content (AvgIpc) is 3.26. The summed E-state index contributed by atoms with van der Waals surface area (Å²) in [5, 5.41) is 6.62. The molecule has 0 unspecified atom stereocenters. The van der Waals surface area contributed by atoms with Crippen LogP contribution < -0.4 is 16.0 Å². The second kappa shape index (κ2) is 6.49. The molecule has 1 atom stereocenters. The highest BCUT2D eigenvalue weighted by molar-refractivity contribution is 6.04. The fraction of sp³-hybridized carbons (Fsp3) is 0.278. The number of anilines is 2. The van der Waals surface area contributed by atoms with Crippen LogP contribution in [0.15, 0.2) is 30.5 Å². The quantitative estimate of drug-likeness (QED) is 0.736. The third-order valence-corrected chi connectivity index (χ3v) is 4.82. The molecule has 1 amide bonds. The molecular formula is C18H18F2N6O. The minimum Gasteiger partial charge on any atom is -0.381 e. The van der Waals surface area contributed by atoms with Gasteiger partial charge in [0.2, 0.25) is 0 Å². The molecule has 1 aliphatic rings. The maximum atomic E-state index is 14.3. The molecule has 1 aliphatic heterocycles. The van der Waals surface area contributed by atoms with Crippen LogP contribution in [0, 0.1) is 11.6 Å². The summed E-state index contributed by atoms with van der Waals surface area (Å²) in [7, 11) is 1.50. The number of benzene rings is 1. The van der Waals surface area contributed by atoms with Crippen molar-refractivity contribution in [3.05, 3.63) is 53.2 Å². The number of nitrogens with one attached hydrogen (secondary N) is 1. The lowest BCUT2D eigenvalue weighted by Crippen LogP contribution is -2.25. The number of aromatic nitrogens is 3. The Morgan fingerprint density at radius 3 is 2.93 bits per heavy atom. The van der Waals surface area contributed by atoms with Gasteiger partial charge in [0.15, 0.2) is 11.5 Å². The Balaban J connectivity index is 1.79. The lowest BCUT2D eigenvalue weighted by molar-refractivity contribution is 0.0965. The van der Waals surface area contributed by atoms with Gasteiger partial charge in [-0.25, -0.2) is 18.3 Å². The number of nitrogens with zero attached hydrogens (tertiary/aromatic N) is 4. The molecule has 1 fully saturated rings. The van der Waals surface area contributed by atoms with E-state index in [0.29, 0.717) is 30.0 Å². The SMILES string of the molecule is CNC(=O)c1c(N)nn2ccc(N3CCC[C@@H]3c3cc(F)ccc3F)nc12. The topological polar surface area (TPSA) is 88.5 Å². The van der Waals surface area contributed by atoms with E-state index in [4.69, 9.17) is 5.73 Å². The molecule has 7 nitrogen and oxygen atoms in total. The number of halogens is 2. The number of carbonyl (C=O) groups excluding carboxylic acids is 1. The maximum absolute atomic E-state index is 14.3. The minimum absolute atomic E-state index is 0.0770. The lowest BCUT2D eigenvalue weighted by Gasteiger charge is -2.26. The van der Waals surface area contributed by atoms with Crippen LogP contribution in [0.4, 0.5) is 20.4 Å². The number of carbonyl (C=O) groups is 1. The number of rotatable bonds is 3. The van der Waals surface area contributed by atoms with E-state index >= 15 is 0 Å². The van der Waals surface area contributed by atoms with Gasteiger partial charge in [-0.1, -0.05) is 0 Å². The van der Waals surface area contributed by atoms with Crippen LogP contribution in [0.25, 0.3) is 5.65 Å². The first-order valence-electron chi connectivity index (χ1n) is 8.58. The molecule has 0 radical (unpaired) electrons. The van der Waals surface area contributed by atoms with E-state index in [1.165, 1.54) is 17.6 Å². The summed E-state index contributed by atoms with van der Waals surface area (Å²) < 4.78 is 29.4. The molecular weight excluding hydrogens is 354 g/mol. The summed E-state index contributed by atoms with van der Waals surface area (Å²) >= 11 is 0. The average molecular weight is 372 g/mol. The van der Waals surface area contributed by atoms with E-state index in [2.05, 4.69) is 15.4 Å². The van der Waals surface area contributed by atoms with Crippen molar-refractivity contribution in [1.82, 2.24) is 19.9 Å². The predicted octanol–water partition coefficient (Wildman–Crippen LogP) is 2.29. The number of fused-ring (bicyclic) bond motifs is 1. The van der Waals surface area contributed by atoms with Gasteiger partial charge in [0, 0.05) is 25.4 Å². The van der Waals surface area contributed by atoms with Crippen molar-refractivity contribution in [3.63, 3.8) is 0 Å². The molecule has 4 rings (SSSR count). The van der Waals surface area contributed by atoms with Gasteiger partial charge in [0.05, 0.1) is 6.04 Å². The van der Waals surface area contributed by atoms with E-state index < -0.39 is 11.6 Å². The smallest absolute Gasteiger partial charge is 0.258 e. The molecule has 1 aromatic carbocycles. The molecule has 140 valence electrons. The fourth-order valence-electron chi connectivity index (χ4n) is 3.57. The second-order valence-electron chi connectivity index (χ2n) is 6.41. The summed E-state index contributed by atoms with van der Waals surface area (Å²) in [6.07, 6.45) is 3.14. The zero-order valence-electron chi connectivity index (χ0n) is 14.6. The fourth-order valence-corrected chi connectivity index (χ4v) is 3.57. The monoisotopic (exact) mass is 372 g/mol. The Morgan fingerprint density at radius 1 is 1.33 bits per heavy atom. The molecule has 3 N–H and O–H groups in total. The van der Waals surface area contributed by atoms with E-state index in [9.17, 15) is 13.6 Å². The normalized spacial score (nSPS) is 16.9. The molecule has 2 aromatic heterocycles. The van der Waals surface area contributed by atoms with Crippen molar-refractivity contribution in [2.24, 2.45) is 0 Å². The van der Waals surface area contributed by atoms with Gasteiger partial charge in [0.25, 0.3) is 5.91 Å². The summed E-state index contributed by atoms with van der Waals surface area (Å²) in [5.74, 6) is -0.686. The van der Waals surface area contributed by atoms with E-state index in [-0.39, 0.29) is 23.3 Å². The Kier molecular flexibility index (Phi) is 4.14. The zero-order valence-corrected chi connectivity index (χ0v) is 14.6. The first-order valence-corrected chi connectivity index (χ1v) is 8.58. The van der Waals surface area contributed by atoms with Gasteiger partial charge >= 0.3 is 0 Å². The lowest BCUT2D eigenvalue weighted by atomic mass is 10.0. The Morgan fingerprint density at radius 2 is 2.15 bits per heavy atom. The van der Waals surface area contributed by atoms with Crippen molar-refractivity contribution in [2.75, 3.05) is 24.2 Å². The molecule has 0 saturated carbocycles. The third-order valence-electron chi connectivity index (χ3n) is 4.82. The predicted molar refractivity (Wildman–Crippen MR) is 96.5 cm³/mol. The molecule has 0 spiro atoms. The Labute approximate surface area is 153 Å². The van der Waals surface area contributed by atoms with Crippen LogP contribution in [0.3, 0.4) is 0 Å².